The van der Waals surface area contributed by atoms with Gasteiger partial charge in [0.25, 0.3) is 0 Å². The molecule has 0 radical (unpaired) electrons. The second-order valence-electron chi connectivity index (χ2n) is 8.81. The number of nitrogens with one attached hydrogen (secondary N) is 2. The van der Waals surface area contributed by atoms with E-state index >= 15 is 0 Å². The first-order chi connectivity index (χ1) is 15.8. The summed E-state index contributed by atoms with van der Waals surface area (Å²) in [7, 11) is 0. The van der Waals surface area contributed by atoms with Crippen molar-refractivity contribution in [1.82, 2.24) is 19.9 Å². The van der Waals surface area contributed by atoms with Crippen molar-refractivity contribution in [1.29, 1.82) is 0 Å². The lowest BCUT2D eigenvalue weighted by molar-refractivity contribution is -0.274. The molecule has 0 aliphatic heterocycles. The number of aromatic nitrogens is 3. The van der Waals surface area contributed by atoms with Gasteiger partial charge in [0, 0.05) is 47.4 Å². The minimum absolute atomic E-state index is 0.0198. The highest BCUT2D eigenvalue weighted by Gasteiger charge is 2.32. The monoisotopic (exact) mass is 479 g/mol. The summed E-state index contributed by atoms with van der Waals surface area (Å²) < 4.78 is 44.6. The van der Waals surface area contributed by atoms with Crippen LogP contribution in [0.15, 0.2) is 40.2 Å². The maximum Gasteiger partial charge on any atom is 0.573 e. The Morgan fingerprint density at radius 2 is 1.97 bits per heavy atom. The molecule has 6 N–H and O–H groups in total. The normalized spacial score (nSPS) is 12.2. The molecule has 184 valence electrons. The lowest BCUT2D eigenvalue weighted by Gasteiger charge is -2.16. The zero-order valence-electron chi connectivity index (χ0n) is 19.2. The molecule has 0 amide bonds. The second-order valence-corrected chi connectivity index (χ2v) is 8.81. The maximum absolute atomic E-state index is 13.1. The molecule has 12 heteroatoms. The van der Waals surface area contributed by atoms with Crippen LogP contribution in [-0.4, -0.2) is 39.9 Å². The lowest BCUT2D eigenvalue weighted by Crippen LogP contribution is -2.24. The van der Waals surface area contributed by atoms with Crippen molar-refractivity contribution in [3.8, 4) is 11.4 Å². The van der Waals surface area contributed by atoms with Gasteiger partial charge >= 0.3 is 12.1 Å². The number of fused-ring (bicyclic) bond motifs is 1. The standard InChI is InChI=1S/C22H28F3N7O2/c1-21(2,3)17-9-14-12-32(20(33)31-18(14)30-17)15-6-5-13(16(10-15)34-22(23,24)25)11-28-7-4-8-29-19(26)27/h5-6,9-10,12,28H,4,7-8,11H2,1-3H3,(H4,26,27,29)(H,30,31,33). The van der Waals surface area contributed by atoms with Crippen LogP contribution in [0.25, 0.3) is 16.7 Å². The van der Waals surface area contributed by atoms with Gasteiger partial charge in [-0.25, -0.2) is 4.79 Å². The van der Waals surface area contributed by atoms with E-state index in [0.717, 1.165) is 5.69 Å². The summed E-state index contributed by atoms with van der Waals surface area (Å²) in [5.41, 5.74) is 11.5. The second kappa shape index (κ2) is 9.75. The van der Waals surface area contributed by atoms with Crippen LogP contribution in [0, 0.1) is 0 Å². The number of alkyl halides is 3. The first-order valence-electron chi connectivity index (χ1n) is 10.6. The van der Waals surface area contributed by atoms with Crippen LogP contribution in [-0.2, 0) is 12.0 Å². The largest absolute Gasteiger partial charge is 0.573 e. The number of benzene rings is 1. The third kappa shape index (κ3) is 6.50. The lowest BCUT2D eigenvalue weighted by atomic mass is 9.92. The number of hydrogen-bond acceptors (Lipinski definition) is 5. The van der Waals surface area contributed by atoms with E-state index in [2.05, 4.69) is 25.0 Å². The molecule has 2 aromatic heterocycles. The Labute approximate surface area is 194 Å². The Hall–Kier alpha value is -3.54. The average molecular weight is 480 g/mol. The van der Waals surface area contributed by atoms with Crippen molar-refractivity contribution < 1.29 is 17.9 Å². The number of halogens is 3. The summed E-state index contributed by atoms with van der Waals surface area (Å²) >= 11 is 0. The fourth-order valence-electron chi connectivity index (χ4n) is 3.28. The molecule has 0 saturated heterocycles. The summed E-state index contributed by atoms with van der Waals surface area (Å²) in [5.74, 6) is -0.424. The van der Waals surface area contributed by atoms with E-state index in [9.17, 15) is 18.0 Å². The molecule has 9 nitrogen and oxygen atoms in total. The van der Waals surface area contributed by atoms with Gasteiger partial charge < -0.3 is 26.5 Å². The van der Waals surface area contributed by atoms with E-state index in [1.54, 1.807) is 12.3 Å². The minimum atomic E-state index is -4.89. The predicted octanol–water partition coefficient (Wildman–Crippen LogP) is 2.66. The van der Waals surface area contributed by atoms with Crippen LogP contribution in [0.3, 0.4) is 0 Å². The Bertz CT molecular complexity index is 1240. The first kappa shape index (κ1) is 25.1. The van der Waals surface area contributed by atoms with Gasteiger partial charge in [-0.05, 0) is 25.1 Å². The molecular weight excluding hydrogens is 451 g/mol. The quantitative estimate of drug-likeness (QED) is 0.223. The van der Waals surface area contributed by atoms with Crippen LogP contribution in [0.4, 0.5) is 13.2 Å². The molecule has 0 aliphatic rings. The molecule has 0 bridgehead atoms. The first-order valence-corrected chi connectivity index (χ1v) is 10.6. The molecule has 3 rings (SSSR count). The Kier molecular flexibility index (Phi) is 7.20. The number of hydrogen-bond donors (Lipinski definition) is 4. The van der Waals surface area contributed by atoms with E-state index in [1.807, 2.05) is 26.8 Å². The molecule has 0 spiro atoms. The predicted molar refractivity (Wildman–Crippen MR) is 124 cm³/mol. The molecule has 2 heterocycles. The number of ether oxygens (including phenoxy) is 1. The minimum Gasteiger partial charge on any atom is -0.405 e. The van der Waals surface area contributed by atoms with Crippen LogP contribution in [0.1, 0.15) is 38.4 Å². The van der Waals surface area contributed by atoms with Crippen LogP contribution in [0.2, 0.25) is 0 Å². The molecule has 0 unspecified atom stereocenters. The van der Waals surface area contributed by atoms with Gasteiger partial charge in [-0.1, -0.05) is 26.8 Å². The summed E-state index contributed by atoms with van der Waals surface area (Å²) in [6.07, 6.45) is -2.75. The third-order valence-electron chi connectivity index (χ3n) is 4.99. The third-order valence-corrected chi connectivity index (χ3v) is 4.99. The number of guanidine groups is 1. The van der Waals surface area contributed by atoms with Crippen molar-refractivity contribution >= 4 is 17.0 Å². The van der Waals surface area contributed by atoms with Crippen LogP contribution in [0.5, 0.6) is 5.75 Å². The van der Waals surface area contributed by atoms with Gasteiger partial charge in [-0.15, -0.1) is 13.2 Å². The summed E-state index contributed by atoms with van der Waals surface area (Å²) in [6, 6.07) is 6.07. The van der Waals surface area contributed by atoms with E-state index in [-0.39, 0.29) is 29.2 Å². The van der Waals surface area contributed by atoms with Crippen molar-refractivity contribution in [3.63, 3.8) is 0 Å². The highest BCUT2D eigenvalue weighted by molar-refractivity contribution is 5.76. The van der Waals surface area contributed by atoms with E-state index < -0.39 is 17.8 Å². The van der Waals surface area contributed by atoms with Gasteiger partial charge in [0.05, 0.1) is 5.69 Å². The molecule has 34 heavy (non-hydrogen) atoms. The highest BCUT2D eigenvalue weighted by atomic mass is 19.4. The van der Waals surface area contributed by atoms with Gasteiger partial charge in [0.1, 0.15) is 11.4 Å². The van der Waals surface area contributed by atoms with Crippen molar-refractivity contribution in [2.75, 3.05) is 13.1 Å². The van der Waals surface area contributed by atoms with E-state index in [4.69, 9.17) is 11.5 Å². The zero-order chi connectivity index (χ0) is 25.1. The molecule has 0 atom stereocenters. The fraction of sp³-hybridized carbons (Fsp3) is 0.409. The van der Waals surface area contributed by atoms with Crippen molar-refractivity contribution in [3.05, 3.63) is 52.2 Å². The van der Waals surface area contributed by atoms with Crippen molar-refractivity contribution in [2.45, 2.75) is 45.5 Å². The number of aromatic amines is 1. The van der Waals surface area contributed by atoms with Gasteiger partial charge in [0.2, 0.25) is 0 Å². The summed E-state index contributed by atoms with van der Waals surface area (Å²) in [5, 5.41) is 3.69. The summed E-state index contributed by atoms with van der Waals surface area (Å²) in [4.78, 5) is 23.6. The van der Waals surface area contributed by atoms with Gasteiger partial charge in [-0.2, -0.15) is 4.98 Å². The van der Waals surface area contributed by atoms with E-state index in [0.29, 0.717) is 30.5 Å². The van der Waals surface area contributed by atoms with Crippen LogP contribution >= 0.6 is 0 Å². The molecule has 0 fully saturated rings. The number of rotatable bonds is 8. The number of nitrogens with two attached hydrogens (primary N) is 2. The Morgan fingerprint density at radius 1 is 1.24 bits per heavy atom. The molecule has 0 saturated carbocycles. The van der Waals surface area contributed by atoms with E-state index in [1.165, 1.54) is 16.7 Å². The average Bonchev–Trinajstić information content (AvgIpc) is 3.13. The van der Waals surface area contributed by atoms with Gasteiger partial charge in [-0.3, -0.25) is 9.56 Å². The molecule has 0 aliphatic carbocycles. The SMILES string of the molecule is CC(C)(C)c1cc2cn(-c3ccc(CNCCCN=C(N)N)c(OC(F)(F)F)c3)c(=O)nc2[nH]1. The Balaban J connectivity index is 1.89. The topological polar surface area (TPSA) is 136 Å². The van der Waals surface area contributed by atoms with Gasteiger partial charge in [0.15, 0.2) is 5.96 Å². The summed E-state index contributed by atoms with van der Waals surface area (Å²) in [6.45, 7) is 7.03. The molecular formula is C22H28F3N7O2. The smallest absolute Gasteiger partial charge is 0.405 e. The van der Waals surface area contributed by atoms with Crippen molar-refractivity contribution in [2.24, 2.45) is 16.5 Å². The highest BCUT2D eigenvalue weighted by Crippen LogP contribution is 2.29. The van der Waals surface area contributed by atoms with Crippen LogP contribution < -0.4 is 27.2 Å². The molecule has 1 aromatic carbocycles. The number of nitrogens with zero attached hydrogens (tertiary/aromatic N) is 3. The zero-order valence-corrected chi connectivity index (χ0v) is 19.2. The molecule has 3 aromatic rings. The number of H-pyrrole nitrogens is 1. The maximum atomic E-state index is 13.1. The fourth-order valence-corrected chi connectivity index (χ4v) is 3.28. The number of aliphatic imine (C=N–C) groups is 1. The Morgan fingerprint density at radius 3 is 2.62 bits per heavy atom.